The molecule has 2 heterocycles. The van der Waals surface area contributed by atoms with Crippen molar-refractivity contribution in [2.24, 2.45) is 5.73 Å². The number of hydrogen-bond acceptors (Lipinski definition) is 6. The predicted octanol–water partition coefficient (Wildman–Crippen LogP) is 2.16. The largest absolute Gasteiger partial charge is 0.347 e. The average Bonchev–Trinajstić information content (AvgIpc) is 2.94. The summed E-state index contributed by atoms with van der Waals surface area (Å²) in [4.78, 5) is 25.7. The summed E-state index contributed by atoms with van der Waals surface area (Å²) in [5.74, 6) is 0.416. The van der Waals surface area contributed by atoms with Gasteiger partial charge >= 0.3 is 0 Å². The summed E-state index contributed by atoms with van der Waals surface area (Å²) in [5.41, 5.74) is 6.42. The maximum atomic E-state index is 12.4. The Kier molecular flexibility index (Phi) is 5.97. The second-order valence-electron chi connectivity index (χ2n) is 5.05. The number of amides is 1. The molecule has 0 bridgehead atoms. The van der Waals surface area contributed by atoms with Crippen LogP contribution in [0.25, 0.3) is 10.8 Å². The van der Waals surface area contributed by atoms with Gasteiger partial charge in [-0.25, -0.2) is 15.0 Å². The van der Waals surface area contributed by atoms with E-state index >= 15 is 0 Å². The number of aromatic nitrogens is 3. The van der Waals surface area contributed by atoms with Crippen molar-refractivity contribution in [1.29, 1.82) is 0 Å². The highest BCUT2D eigenvalue weighted by atomic mass is 32.1. The molecule has 22 heavy (non-hydrogen) atoms. The van der Waals surface area contributed by atoms with Crippen molar-refractivity contribution in [1.82, 2.24) is 20.3 Å². The van der Waals surface area contributed by atoms with Gasteiger partial charge in [-0.1, -0.05) is 19.8 Å². The first-order valence-corrected chi connectivity index (χ1v) is 8.23. The van der Waals surface area contributed by atoms with Crippen molar-refractivity contribution >= 4 is 17.2 Å². The molecule has 0 spiro atoms. The number of nitrogens with one attached hydrogen (secondary N) is 1. The Bertz CT molecular complexity index is 614. The standard InChI is InChI=1S/C15H21N5OS/c1-3-4-6-11(9-16)20-14(21)12-10(2)19-15(22-12)13-17-7-5-8-18-13/h5,7-8,11H,3-4,6,9,16H2,1-2H3,(H,20,21). The van der Waals surface area contributed by atoms with E-state index in [0.29, 0.717) is 27.9 Å². The van der Waals surface area contributed by atoms with Crippen LogP contribution < -0.4 is 11.1 Å². The van der Waals surface area contributed by atoms with Crippen LogP contribution in [-0.4, -0.2) is 33.4 Å². The molecule has 0 saturated carbocycles. The zero-order chi connectivity index (χ0) is 15.9. The highest BCUT2D eigenvalue weighted by Crippen LogP contribution is 2.25. The van der Waals surface area contributed by atoms with Gasteiger partial charge in [-0.3, -0.25) is 4.79 Å². The lowest BCUT2D eigenvalue weighted by Crippen LogP contribution is -2.40. The van der Waals surface area contributed by atoms with Crippen LogP contribution in [0.4, 0.5) is 0 Å². The summed E-state index contributed by atoms with van der Waals surface area (Å²) >= 11 is 1.31. The van der Waals surface area contributed by atoms with Crippen LogP contribution in [0.3, 0.4) is 0 Å². The maximum Gasteiger partial charge on any atom is 0.263 e. The van der Waals surface area contributed by atoms with E-state index in [1.807, 2.05) is 6.92 Å². The summed E-state index contributed by atoms with van der Waals surface area (Å²) in [6.07, 6.45) is 6.35. The van der Waals surface area contributed by atoms with Crippen LogP contribution in [-0.2, 0) is 0 Å². The average molecular weight is 319 g/mol. The summed E-state index contributed by atoms with van der Waals surface area (Å²) < 4.78 is 0. The van der Waals surface area contributed by atoms with Crippen LogP contribution in [0.15, 0.2) is 18.5 Å². The van der Waals surface area contributed by atoms with E-state index in [0.717, 1.165) is 19.3 Å². The van der Waals surface area contributed by atoms with E-state index in [-0.39, 0.29) is 11.9 Å². The molecule has 0 radical (unpaired) electrons. The fraction of sp³-hybridized carbons (Fsp3) is 0.467. The maximum absolute atomic E-state index is 12.4. The smallest absolute Gasteiger partial charge is 0.263 e. The van der Waals surface area contributed by atoms with Gasteiger partial charge in [-0.2, -0.15) is 0 Å². The lowest BCUT2D eigenvalue weighted by molar-refractivity contribution is 0.0939. The number of unbranched alkanes of at least 4 members (excludes halogenated alkanes) is 1. The first-order valence-electron chi connectivity index (χ1n) is 7.41. The van der Waals surface area contributed by atoms with Gasteiger partial charge in [0.1, 0.15) is 4.88 Å². The monoisotopic (exact) mass is 319 g/mol. The molecule has 2 aromatic rings. The lowest BCUT2D eigenvalue weighted by Gasteiger charge is -2.15. The third-order valence-electron chi connectivity index (χ3n) is 3.29. The van der Waals surface area contributed by atoms with Crippen LogP contribution in [0, 0.1) is 6.92 Å². The molecule has 1 amide bonds. The Labute approximate surface area is 134 Å². The first-order chi connectivity index (χ1) is 10.7. The van der Waals surface area contributed by atoms with Crippen molar-refractivity contribution < 1.29 is 4.79 Å². The minimum Gasteiger partial charge on any atom is -0.347 e. The molecule has 2 rings (SSSR count). The zero-order valence-corrected chi connectivity index (χ0v) is 13.7. The Morgan fingerprint density at radius 1 is 1.41 bits per heavy atom. The first kappa shape index (κ1) is 16.5. The number of aryl methyl sites for hydroxylation is 1. The van der Waals surface area contributed by atoms with Crippen molar-refractivity contribution in [2.75, 3.05) is 6.54 Å². The number of nitrogens with zero attached hydrogens (tertiary/aromatic N) is 3. The summed E-state index contributed by atoms with van der Waals surface area (Å²) in [7, 11) is 0. The molecular weight excluding hydrogens is 298 g/mol. The van der Waals surface area contributed by atoms with E-state index < -0.39 is 0 Å². The Morgan fingerprint density at radius 3 is 2.77 bits per heavy atom. The van der Waals surface area contributed by atoms with Gasteiger partial charge in [-0.15, -0.1) is 11.3 Å². The molecule has 0 saturated heterocycles. The quantitative estimate of drug-likeness (QED) is 0.815. The van der Waals surface area contributed by atoms with Crippen LogP contribution in [0.5, 0.6) is 0 Å². The molecule has 118 valence electrons. The fourth-order valence-electron chi connectivity index (χ4n) is 2.06. The van der Waals surface area contributed by atoms with E-state index in [1.165, 1.54) is 11.3 Å². The predicted molar refractivity (Wildman–Crippen MR) is 87.7 cm³/mol. The van der Waals surface area contributed by atoms with Gasteiger partial charge in [0.15, 0.2) is 10.8 Å². The van der Waals surface area contributed by atoms with Crippen molar-refractivity contribution in [3.8, 4) is 10.8 Å². The number of nitrogens with two attached hydrogens (primary N) is 1. The number of hydrogen-bond donors (Lipinski definition) is 2. The molecule has 1 unspecified atom stereocenters. The third kappa shape index (κ3) is 4.08. The highest BCUT2D eigenvalue weighted by molar-refractivity contribution is 7.17. The van der Waals surface area contributed by atoms with Gasteiger partial charge in [0, 0.05) is 25.0 Å². The lowest BCUT2D eigenvalue weighted by atomic mass is 10.1. The van der Waals surface area contributed by atoms with E-state index in [2.05, 4.69) is 27.2 Å². The summed E-state index contributed by atoms with van der Waals surface area (Å²) in [6.45, 7) is 4.38. The Morgan fingerprint density at radius 2 is 2.14 bits per heavy atom. The van der Waals surface area contributed by atoms with Crippen LogP contribution in [0.1, 0.15) is 41.6 Å². The van der Waals surface area contributed by atoms with Crippen LogP contribution >= 0.6 is 11.3 Å². The molecule has 7 heteroatoms. The second-order valence-corrected chi connectivity index (χ2v) is 6.05. The van der Waals surface area contributed by atoms with Gasteiger partial charge in [0.05, 0.1) is 5.69 Å². The van der Waals surface area contributed by atoms with Crippen molar-refractivity contribution in [3.63, 3.8) is 0 Å². The molecule has 3 N–H and O–H groups in total. The van der Waals surface area contributed by atoms with E-state index in [9.17, 15) is 4.79 Å². The SMILES string of the molecule is CCCCC(CN)NC(=O)c1sc(-c2ncccn2)nc1C. The molecule has 0 aliphatic heterocycles. The number of rotatable bonds is 7. The zero-order valence-electron chi connectivity index (χ0n) is 12.9. The molecule has 0 aromatic carbocycles. The minimum atomic E-state index is -0.122. The number of thiazole rings is 1. The van der Waals surface area contributed by atoms with Crippen LogP contribution in [0.2, 0.25) is 0 Å². The Balaban J connectivity index is 2.12. The molecule has 2 aromatic heterocycles. The molecule has 0 fully saturated rings. The highest BCUT2D eigenvalue weighted by Gasteiger charge is 2.19. The Hall–Kier alpha value is -1.86. The van der Waals surface area contributed by atoms with Gasteiger partial charge in [0.25, 0.3) is 5.91 Å². The fourth-order valence-corrected chi connectivity index (χ4v) is 2.98. The van der Waals surface area contributed by atoms with E-state index in [4.69, 9.17) is 5.73 Å². The molecular formula is C15H21N5OS. The van der Waals surface area contributed by atoms with Crippen molar-refractivity contribution in [3.05, 3.63) is 29.0 Å². The second kappa shape index (κ2) is 7.95. The molecule has 0 aliphatic carbocycles. The topological polar surface area (TPSA) is 93.8 Å². The molecule has 6 nitrogen and oxygen atoms in total. The van der Waals surface area contributed by atoms with Gasteiger partial charge in [0.2, 0.25) is 0 Å². The molecule has 1 atom stereocenters. The summed E-state index contributed by atoms with van der Waals surface area (Å²) in [6, 6.07) is 1.75. The minimum absolute atomic E-state index is 0.00498. The third-order valence-corrected chi connectivity index (χ3v) is 4.44. The van der Waals surface area contributed by atoms with Gasteiger partial charge < -0.3 is 11.1 Å². The van der Waals surface area contributed by atoms with E-state index in [1.54, 1.807) is 18.5 Å². The van der Waals surface area contributed by atoms with Crippen molar-refractivity contribution in [2.45, 2.75) is 39.2 Å². The number of carbonyl (C=O) groups is 1. The summed E-state index contributed by atoms with van der Waals surface area (Å²) in [5, 5.41) is 3.64. The molecule has 0 aliphatic rings. The number of carbonyl (C=O) groups excluding carboxylic acids is 1. The van der Waals surface area contributed by atoms with Gasteiger partial charge in [-0.05, 0) is 19.4 Å². The normalized spacial score (nSPS) is 12.1.